The molecule has 1 heteroatoms. The van der Waals surface area contributed by atoms with Crippen molar-refractivity contribution in [2.75, 3.05) is 0 Å². The van der Waals surface area contributed by atoms with Crippen LogP contribution in [0.1, 0.15) is 39.9 Å². The monoisotopic (exact) mass is 286 g/mol. The first kappa shape index (κ1) is 14.3. The maximum atomic E-state index is 12.4. The molecule has 0 saturated heterocycles. The van der Waals surface area contributed by atoms with Gasteiger partial charge < -0.3 is 0 Å². The molecule has 0 aliphatic carbocycles. The Kier molecular flexibility index (Phi) is 4.15. The molecule has 0 aliphatic heterocycles. The van der Waals surface area contributed by atoms with Crippen molar-refractivity contribution in [2.24, 2.45) is 0 Å². The van der Waals surface area contributed by atoms with Crippen molar-refractivity contribution in [3.63, 3.8) is 0 Å². The van der Waals surface area contributed by atoms with Crippen LogP contribution in [-0.2, 0) is 0 Å². The average Bonchev–Trinajstić information content (AvgIpc) is 2.62. The van der Waals surface area contributed by atoms with Gasteiger partial charge in [-0.25, -0.2) is 0 Å². The van der Waals surface area contributed by atoms with E-state index in [0.29, 0.717) is 5.92 Å². The fraction of sp³-hybridized carbons (Fsp3) is 0.0952. The summed E-state index contributed by atoms with van der Waals surface area (Å²) in [5.74, 6) is 0.390. The lowest BCUT2D eigenvalue weighted by Crippen LogP contribution is -2.02. The highest BCUT2D eigenvalue weighted by atomic mass is 16.1. The summed E-state index contributed by atoms with van der Waals surface area (Å²) in [5, 5.41) is 0. The van der Waals surface area contributed by atoms with Crippen LogP contribution in [0, 0.1) is 0 Å². The van der Waals surface area contributed by atoms with E-state index in [1.807, 2.05) is 60.7 Å². The molecule has 1 atom stereocenters. The second-order valence-electron chi connectivity index (χ2n) is 5.45. The molecular weight excluding hydrogens is 268 g/mol. The van der Waals surface area contributed by atoms with E-state index in [1.165, 1.54) is 11.1 Å². The van der Waals surface area contributed by atoms with Crippen LogP contribution in [0.15, 0.2) is 84.9 Å². The number of hydrogen-bond donors (Lipinski definition) is 0. The zero-order chi connectivity index (χ0) is 15.4. The summed E-state index contributed by atoms with van der Waals surface area (Å²) in [6.07, 6.45) is 0. The first-order valence-corrected chi connectivity index (χ1v) is 7.50. The standard InChI is InChI=1S/C21H18O/c1-16(17-8-4-2-5-9-17)18-12-14-20(15-13-18)21(22)19-10-6-3-7-11-19/h2-16H,1H3. The quantitative estimate of drug-likeness (QED) is 0.612. The molecule has 3 rings (SSSR count). The molecule has 0 saturated carbocycles. The summed E-state index contributed by atoms with van der Waals surface area (Å²) in [6, 6.07) is 27.7. The van der Waals surface area contributed by atoms with Crippen molar-refractivity contribution < 1.29 is 4.79 Å². The van der Waals surface area contributed by atoms with E-state index in [2.05, 4.69) is 31.2 Å². The fourth-order valence-electron chi connectivity index (χ4n) is 2.61. The van der Waals surface area contributed by atoms with Crippen LogP contribution < -0.4 is 0 Å². The topological polar surface area (TPSA) is 17.1 Å². The SMILES string of the molecule is CC(c1ccccc1)c1ccc(C(=O)c2ccccc2)cc1. The van der Waals surface area contributed by atoms with Gasteiger partial charge in [0.2, 0.25) is 0 Å². The number of rotatable bonds is 4. The van der Waals surface area contributed by atoms with E-state index >= 15 is 0 Å². The number of hydrogen-bond acceptors (Lipinski definition) is 1. The van der Waals surface area contributed by atoms with Gasteiger partial charge in [-0.1, -0.05) is 91.9 Å². The zero-order valence-electron chi connectivity index (χ0n) is 12.6. The molecule has 0 aromatic heterocycles. The lowest BCUT2D eigenvalue weighted by Gasteiger charge is -2.13. The molecule has 0 heterocycles. The van der Waals surface area contributed by atoms with Crippen LogP contribution in [0.2, 0.25) is 0 Å². The van der Waals surface area contributed by atoms with Crippen LogP contribution >= 0.6 is 0 Å². The van der Waals surface area contributed by atoms with Gasteiger partial charge >= 0.3 is 0 Å². The first-order chi connectivity index (χ1) is 10.8. The Morgan fingerprint density at radius 3 is 1.68 bits per heavy atom. The van der Waals surface area contributed by atoms with E-state index in [0.717, 1.165) is 11.1 Å². The predicted molar refractivity (Wildman–Crippen MR) is 90.3 cm³/mol. The number of carbonyl (C=O) groups is 1. The predicted octanol–water partition coefficient (Wildman–Crippen LogP) is 5.07. The van der Waals surface area contributed by atoms with Gasteiger partial charge in [0, 0.05) is 17.0 Å². The largest absolute Gasteiger partial charge is 0.289 e. The molecule has 1 nitrogen and oxygen atoms in total. The molecule has 1 unspecified atom stereocenters. The highest BCUT2D eigenvalue weighted by Crippen LogP contribution is 2.24. The van der Waals surface area contributed by atoms with E-state index in [-0.39, 0.29) is 5.78 Å². The Morgan fingerprint density at radius 1 is 0.636 bits per heavy atom. The van der Waals surface area contributed by atoms with Crippen molar-refractivity contribution in [1.82, 2.24) is 0 Å². The normalized spacial score (nSPS) is 11.9. The molecule has 0 amide bonds. The van der Waals surface area contributed by atoms with Gasteiger partial charge in [0.05, 0.1) is 0 Å². The highest BCUT2D eigenvalue weighted by Gasteiger charge is 2.11. The van der Waals surface area contributed by atoms with E-state index in [4.69, 9.17) is 0 Å². The van der Waals surface area contributed by atoms with Crippen LogP contribution in [0.25, 0.3) is 0 Å². The summed E-state index contributed by atoms with van der Waals surface area (Å²) in [7, 11) is 0. The van der Waals surface area contributed by atoms with Gasteiger partial charge in [0.1, 0.15) is 0 Å². The minimum absolute atomic E-state index is 0.0690. The second-order valence-corrected chi connectivity index (χ2v) is 5.45. The molecule has 0 N–H and O–H groups in total. The van der Waals surface area contributed by atoms with Crippen molar-refractivity contribution >= 4 is 5.78 Å². The van der Waals surface area contributed by atoms with Crippen LogP contribution in [0.4, 0.5) is 0 Å². The molecule has 22 heavy (non-hydrogen) atoms. The van der Waals surface area contributed by atoms with Crippen molar-refractivity contribution in [3.05, 3.63) is 107 Å². The molecule has 108 valence electrons. The Balaban J connectivity index is 1.83. The number of carbonyl (C=O) groups excluding carboxylic acids is 1. The molecule has 0 spiro atoms. The van der Waals surface area contributed by atoms with E-state index in [9.17, 15) is 4.79 Å². The summed E-state index contributed by atoms with van der Waals surface area (Å²) in [4.78, 5) is 12.4. The summed E-state index contributed by atoms with van der Waals surface area (Å²) >= 11 is 0. The minimum atomic E-state index is 0.0690. The molecule has 0 bridgehead atoms. The van der Waals surface area contributed by atoms with Crippen molar-refractivity contribution in [1.29, 1.82) is 0 Å². The molecule has 3 aromatic rings. The van der Waals surface area contributed by atoms with Gasteiger partial charge in [0.15, 0.2) is 5.78 Å². The number of ketones is 1. The van der Waals surface area contributed by atoms with Crippen LogP contribution in [-0.4, -0.2) is 5.78 Å². The van der Waals surface area contributed by atoms with Gasteiger partial charge in [-0.15, -0.1) is 0 Å². The van der Waals surface area contributed by atoms with Crippen molar-refractivity contribution in [3.8, 4) is 0 Å². The molecule has 0 aliphatic rings. The fourth-order valence-corrected chi connectivity index (χ4v) is 2.61. The molecule has 0 fully saturated rings. The Hall–Kier alpha value is -2.67. The summed E-state index contributed by atoms with van der Waals surface area (Å²) in [5.41, 5.74) is 3.96. The lowest BCUT2D eigenvalue weighted by molar-refractivity contribution is 0.103. The Bertz CT molecular complexity index is 743. The number of benzene rings is 3. The van der Waals surface area contributed by atoms with Gasteiger partial charge in [0.25, 0.3) is 0 Å². The van der Waals surface area contributed by atoms with Crippen LogP contribution in [0.3, 0.4) is 0 Å². The molecule has 3 aromatic carbocycles. The summed E-state index contributed by atoms with van der Waals surface area (Å²) < 4.78 is 0. The van der Waals surface area contributed by atoms with Gasteiger partial charge in [-0.2, -0.15) is 0 Å². The zero-order valence-corrected chi connectivity index (χ0v) is 12.6. The Labute approximate surface area is 131 Å². The highest BCUT2D eigenvalue weighted by molar-refractivity contribution is 6.08. The smallest absolute Gasteiger partial charge is 0.193 e. The van der Waals surface area contributed by atoms with Gasteiger partial charge in [-0.3, -0.25) is 4.79 Å². The van der Waals surface area contributed by atoms with E-state index < -0.39 is 0 Å². The Morgan fingerprint density at radius 2 is 1.09 bits per heavy atom. The third kappa shape index (κ3) is 2.99. The maximum Gasteiger partial charge on any atom is 0.193 e. The third-order valence-corrected chi connectivity index (χ3v) is 4.01. The minimum Gasteiger partial charge on any atom is -0.289 e. The molecule has 0 radical (unpaired) electrons. The second kappa shape index (κ2) is 6.40. The van der Waals surface area contributed by atoms with E-state index in [1.54, 1.807) is 0 Å². The molecular formula is C21H18O. The first-order valence-electron chi connectivity index (χ1n) is 7.50. The average molecular weight is 286 g/mol. The van der Waals surface area contributed by atoms with Crippen LogP contribution in [0.5, 0.6) is 0 Å². The van der Waals surface area contributed by atoms with Crippen molar-refractivity contribution in [2.45, 2.75) is 12.8 Å². The van der Waals surface area contributed by atoms with Gasteiger partial charge in [-0.05, 0) is 11.1 Å². The lowest BCUT2D eigenvalue weighted by atomic mass is 9.92. The third-order valence-electron chi connectivity index (χ3n) is 4.01. The summed E-state index contributed by atoms with van der Waals surface area (Å²) in [6.45, 7) is 2.18. The maximum absolute atomic E-state index is 12.4.